The summed E-state index contributed by atoms with van der Waals surface area (Å²) in [6.07, 6.45) is 8.37. The molecule has 7 nitrogen and oxygen atoms in total. The molecular formula is C23H34N6O. The van der Waals surface area contributed by atoms with E-state index in [0.717, 1.165) is 57.0 Å². The van der Waals surface area contributed by atoms with Crippen molar-refractivity contribution in [1.82, 2.24) is 29.9 Å². The monoisotopic (exact) mass is 410 g/mol. The predicted molar refractivity (Wildman–Crippen MR) is 117 cm³/mol. The van der Waals surface area contributed by atoms with Gasteiger partial charge in [0, 0.05) is 44.1 Å². The van der Waals surface area contributed by atoms with Crippen LogP contribution >= 0.6 is 0 Å². The SMILES string of the molecule is Cc1nn(C)cc1CN1CCC(N2CCC[C@@H](C(=O)NCc3ccccn3)C2)CC1. The average molecular weight is 411 g/mol. The molecule has 2 aliphatic rings. The van der Waals surface area contributed by atoms with Crippen LogP contribution in [-0.2, 0) is 24.9 Å². The highest BCUT2D eigenvalue weighted by Gasteiger charge is 2.31. The Hall–Kier alpha value is -2.25. The lowest BCUT2D eigenvalue weighted by molar-refractivity contribution is -0.127. The van der Waals surface area contributed by atoms with Crippen LogP contribution in [0.3, 0.4) is 0 Å². The molecule has 1 N–H and O–H groups in total. The summed E-state index contributed by atoms with van der Waals surface area (Å²) in [7, 11) is 1.99. The van der Waals surface area contributed by atoms with Crippen molar-refractivity contribution >= 4 is 5.91 Å². The molecule has 2 aromatic rings. The minimum absolute atomic E-state index is 0.0959. The van der Waals surface area contributed by atoms with Gasteiger partial charge in [0.05, 0.1) is 23.9 Å². The summed E-state index contributed by atoms with van der Waals surface area (Å²) in [5.74, 6) is 0.272. The number of hydrogen-bond acceptors (Lipinski definition) is 5. The van der Waals surface area contributed by atoms with E-state index in [-0.39, 0.29) is 11.8 Å². The molecule has 4 rings (SSSR count). The van der Waals surface area contributed by atoms with Crippen LogP contribution in [0.2, 0.25) is 0 Å². The van der Waals surface area contributed by atoms with Gasteiger partial charge < -0.3 is 5.32 Å². The highest BCUT2D eigenvalue weighted by atomic mass is 16.1. The van der Waals surface area contributed by atoms with E-state index in [2.05, 4.69) is 38.3 Å². The summed E-state index contributed by atoms with van der Waals surface area (Å²) in [6.45, 7) is 7.84. The first kappa shape index (κ1) is 21.0. The molecule has 0 bridgehead atoms. The molecule has 2 aliphatic heterocycles. The van der Waals surface area contributed by atoms with Crippen LogP contribution in [0.1, 0.15) is 42.6 Å². The van der Waals surface area contributed by atoms with E-state index in [1.54, 1.807) is 6.20 Å². The Balaban J connectivity index is 1.24. The van der Waals surface area contributed by atoms with E-state index in [1.807, 2.05) is 29.9 Å². The van der Waals surface area contributed by atoms with E-state index in [9.17, 15) is 4.79 Å². The highest BCUT2D eigenvalue weighted by Crippen LogP contribution is 2.25. The van der Waals surface area contributed by atoms with Crippen molar-refractivity contribution in [3.63, 3.8) is 0 Å². The van der Waals surface area contributed by atoms with Crippen LogP contribution in [0.5, 0.6) is 0 Å². The number of likely N-dealkylation sites (tertiary alicyclic amines) is 2. The summed E-state index contributed by atoms with van der Waals surface area (Å²) in [4.78, 5) is 22.1. The number of aromatic nitrogens is 3. The Morgan fingerprint density at radius 2 is 2.03 bits per heavy atom. The number of nitrogens with one attached hydrogen (secondary N) is 1. The first-order valence-corrected chi connectivity index (χ1v) is 11.2. The van der Waals surface area contributed by atoms with Gasteiger partial charge in [-0.1, -0.05) is 6.07 Å². The topological polar surface area (TPSA) is 66.3 Å². The molecule has 0 aromatic carbocycles. The molecule has 2 aromatic heterocycles. The maximum atomic E-state index is 12.7. The minimum atomic E-state index is 0.0959. The van der Waals surface area contributed by atoms with Crippen LogP contribution in [0, 0.1) is 12.8 Å². The molecule has 0 radical (unpaired) electrons. The van der Waals surface area contributed by atoms with Gasteiger partial charge in [-0.2, -0.15) is 5.10 Å². The molecular weight excluding hydrogens is 376 g/mol. The van der Waals surface area contributed by atoms with Gasteiger partial charge in [0.25, 0.3) is 0 Å². The number of amides is 1. The number of aryl methyl sites for hydroxylation is 2. The normalized spacial score (nSPS) is 21.6. The summed E-state index contributed by atoms with van der Waals surface area (Å²) < 4.78 is 1.91. The van der Waals surface area contributed by atoms with Crippen molar-refractivity contribution in [2.24, 2.45) is 13.0 Å². The van der Waals surface area contributed by atoms with Gasteiger partial charge in [0.15, 0.2) is 0 Å². The van der Waals surface area contributed by atoms with E-state index in [0.29, 0.717) is 12.6 Å². The largest absolute Gasteiger partial charge is 0.350 e. The molecule has 30 heavy (non-hydrogen) atoms. The predicted octanol–water partition coefficient (Wildman–Crippen LogP) is 2.12. The molecule has 162 valence electrons. The molecule has 2 saturated heterocycles. The Labute approximate surface area is 179 Å². The number of hydrogen-bond donors (Lipinski definition) is 1. The number of pyridine rings is 1. The van der Waals surface area contributed by atoms with Crippen LogP contribution in [0.25, 0.3) is 0 Å². The fraction of sp³-hybridized carbons (Fsp3) is 0.609. The second kappa shape index (κ2) is 9.71. The van der Waals surface area contributed by atoms with Crippen molar-refractivity contribution in [1.29, 1.82) is 0 Å². The maximum absolute atomic E-state index is 12.7. The zero-order valence-corrected chi connectivity index (χ0v) is 18.3. The quantitative estimate of drug-likeness (QED) is 0.790. The first-order valence-electron chi connectivity index (χ1n) is 11.2. The smallest absolute Gasteiger partial charge is 0.224 e. The summed E-state index contributed by atoms with van der Waals surface area (Å²) in [5.41, 5.74) is 3.38. The summed E-state index contributed by atoms with van der Waals surface area (Å²) in [5, 5.41) is 7.55. The maximum Gasteiger partial charge on any atom is 0.224 e. The molecule has 0 saturated carbocycles. The highest BCUT2D eigenvalue weighted by molar-refractivity contribution is 5.78. The molecule has 1 atom stereocenters. The standard InChI is InChI=1S/C23H34N6O/c1-18-20(15-27(2)26-18)16-28-12-8-22(9-13-28)29-11-5-6-19(17-29)23(30)25-14-21-7-3-4-10-24-21/h3-4,7,10,15,19,22H,5-6,8-9,11-14,16-17H2,1-2H3,(H,25,30)/t19-/m1/s1. The number of carbonyl (C=O) groups excluding carboxylic acids is 1. The van der Waals surface area contributed by atoms with Gasteiger partial charge in [-0.15, -0.1) is 0 Å². The van der Waals surface area contributed by atoms with Gasteiger partial charge in [-0.25, -0.2) is 0 Å². The lowest BCUT2D eigenvalue weighted by atomic mass is 9.93. The second-order valence-corrected chi connectivity index (χ2v) is 8.79. The lowest BCUT2D eigenvalue weighted by Crippen LogP contribution is -2.50. The minimum Gasteiger partial charge on any atom is -0.350 e. The van der Waals surface area contributed by atoms with Crippen molar-refractivity contribution in [3.8, 4) is 0 Å². The van der Waals surface area contributed by atoms with Crippen molar-refractivity contribution in [2.45, 2.75) is 51.7 Å². The Morgan fingerprint density at radius 3 is 2.73 bits per heavy atom. The molecule has 0 aliphatic carbocycles. The van der Waals surface area contributed by atoms with Crippen LogP contribution in [0.4, 0.5) is 0 Å². The third-order valence-corrected chi connectivity index (χ3v) is 6.58. The number of rotatable bonds is 6. The van der Waals surface area contributed by atoms with Gasteiger partial charge in [-0.3, -0.25) is 24.3 Å². The average Bonchev–Trinajstić information content (AvgIpc) is 3.10. The second-order valence-electron chi connectivity index (χ2n) is 8.79. The van der Waals surface area contributed by atoms with E-state index in [4.69, 9.17) is 0 Å². The van der Waals surface area contributed by atoms with Crippen molar-refractivity contribution < 1.29 is 4.79 Å². The first-order chi connectivity index (χ1) is 14.6. The fourth-order valence-corrected chi connectivity index (χ4v) is 4.86. The van der Waals surface area contributed by atoms with Gasteiger partial charge >= 0.3 is 0 Å². The molecule has 2 fully saturated rings. The fourth-order valence-electron chi connectivity index (χ4n) is 4.86. The number of carbonyl (C=O) groups is 1. The molecule has 0 unspecified atom stereocenters. The Morgan fingerprint density at radius 1 is 1.20 bits per heavy atom. The van der Waals surface area contributed by atoms with Gasteiger partial charge in [-0.05, 0) is 64.4 Å². The summed E-state index contributed by atoms with van der Waals surface area (Å²) in [6, 6.07) is 6.41. The Bertz CT molecular complexity index is 827. The zero-order valence-electron chi connectivity index (χ0n) is 18.3. The third-order valence-electron chi connectivity index (χ3n) is 6.58. The molecule has 4 heterocycles. The molecule has 0 spiro atoms. The zero-order chi connectivity index (χ0) is 20.9. The van der Waals surface area contributed by atoms with Crippen LogP contribution in [0.15, 0.2) is 30.6 Å². The lowest BCUT2D eigenvalue weighted by Gasteiger charge is -2.42. The number of nitrogens with zero attached hydrogens (tertiary/aromatic N) is 5. The van der Waals surface area contributed by atoms with Gasteiger partial charge in [0.2, 0.25) is 5.91 Å². The molecule has 7 heteroatoms. The van der Waals surface area contributed by atoms with E-state index < -0.39 is 0 Å². The summed E-state index contributed by atoms with van der Waals surface area (Å²) >= 11 is 0. The third kappa shape index (κ3) is 5.26. The Kier molecular flexibility index (Phi) is 6.79. The van der Waals surface area contributed by atoms with Gasteiger partial charge in [0.1, 0.15) is 0 Å². The number of piperidine rings is 2. The van der Waals surface area contributed by atoms with E-state index in [1.165, 1.54) is 18.4 Å². The van der Waals surface area contributed by atoms with E-state index >= 15 is 0 Å². The van der Waals surface area contributed by atoms with Crippen molar-refractivity contribution in [2.75, 3.05) is 26.2 Å². The van der Waals surface area contributed by atoms with Crippen molar-refractivity contribution in [3.05, 3.63) is 47.5 Å². The van der Waals surface area contributed by atoms with Crippen LogP contribution < -0.4 is 5.32 Å². The van der Waals surface area contributed by atoms with Crippen LogP contribution in [-0.4, -0.2) is 62.7 Å². The molecule has 1 amide bonds.